The molecule has 2 N–H and O–H groups in total. The number of rotatable bonds is 5. The highest BCUT2D eigenvalue weighted by Gasteiger charge is 2.10. The van der Waals surface area contributed by atoms with E-state index in [-0.39, 0.29) is 5.91 Å². The summed E-state index contributed by atoms with van der Waals surface area (Å²) in [7, 11) is 0. The first-order valence-electron chi connectivity index (χ1n) is 7.51. The summed E-state index contributed by atoms with van der Waals surface area (Å²) in [6.45, 7) is 2.37. The molecule has 1 amide bonds. The lowest BCUT2D eigenvalue weighted by Crippen LogP contribution is -2.18. The summed E-state index contributed by atoms with van der Waals surface area (Å²) in [5, 5.41) is 5.08. The van der Waals surface area contributed by atoms with E-state index in [2.05, 4.69) is 31.4 Å². The highest BCUT2D eigenvalue weighted by Crippen LogP contribution is 2.21. The SMILES string of the molecule is CCOc1ccccc1C(=O)N/N=C\c1c[nH]c2ccc(Br)cc12. The lowest BCUT2D eigenvalue weighted by atomic mass is 10.2. The highest BCUT2D eigenvalue weighted by molar-refractivity contribution is 9.10. The van der Waals surface area contributed by atoms with Gasteiger partial charge in [-0.05, 0) is 37.3 Å². The van der Waals surface area contributed by atoms with E-state index in [1.165, 1.54) is 0 Å². The topological polar surface area (TPSA) is 66.5 Å². The fraction of sp³-hybridized carbons (Fsp3) is 0.111. The van der Waals surface area contributed by atoms with Crippen molar-refractivity contribution in [3.63, 3.8) is 0 Å². The molecule has 1 aromatic heterocycles. The number of aromatic amines is 1. The van der Waals surface area contributed by atoms with Gasteiger partial charge in [0.15, 0.2) is 0 Å². The summed E-state index contributed by atoms with van der Waals surface area (Å²) in [5.74, 6) is 0.236. The van der Waals surface area contributed by atoms with Gasteiger partial charge in [0.25, 0.3) is 5.91 Å². The average molecular weight is 386 g/mol. The van der Waals surface area contributed by atoms with E-state index in [0.29, 0.717) is 17.9 Å². The van der Waals surface area contributed by atoms with Gasteiger partial charge in [-0.3, -0.25) is 4.79 Å². The van der Waals surface area contributed by atoms with Gasteiger partial charge < -0.3 is 9.72 Å². The van der Waals surface area contributed by atoms with Crippen molar-refractivity contribution in [2.75, 3.05) is 6.61 Å². The van der Waals surface area contributed by atoms with Crippen LogP contribution < -0.4 is 10.2 Å². The minimum Gasteiger partial charge on any atom is -0.493 e. The van der Waals surface area contributed by atoms with Crippen LogP contribution in [0.3, 0.4) is 0 Å². The molecule has 0 spiro atoms. The van der Waals surface area contributed by atoms with E-state index < -0.39 is 0 Å². The van der Waals surface area contributed by atoms with Crippen molar-refractivity contribution in [1.82, 2.24) is 10.4 Å². The third-order valence-corrected chi connectivity index (χ3v) is 3.97. The number of hydrogen-bond donors (Lipinski definition) is 2. The van der Waals surface area contributed by atoms with Gasteiger partial charge in [0, 0.05) is 27.1 Å². The van der Waals surface area contributed by atoms with Gasteiger partial charge in [-0.2, -0.15) is 5.10 Å². The lowest BCUT2D eigenvalue weighted by molar-refractivity contribution is 0.0951. The number of hydrazone groups is 1. The fourth-order valence-electron chi connectivity index (χ4n) is 2.38. The quantitative estimate of drug-likeness (QED) is 0.512. The largest absolute Gasteiger partial charge is 0.493 e. The van der Waals surface area contributed by atoms with Crippen LogP contribution in [0, 0.1) is 0 Å². The lowest BCUT2D eigenvalue weighted by Gasteiger charge is -2.08. The third kappa shape index (κ3) is 3.49. The number of fused-ring (bicyclic) bond motifs is 1. The zero-order chi connectivity index (χ0) is 16.9. The number of H-pyrrole nitrogens is 1. The number of aromatic nitrogens is 1. The maximum atomic E-state index is 12.3. The van der Waals surface area contributed by atoms with Crippen LogP contribution in [0.1, 0.15) is 22.8 Å². The molecule has 3 rings (SSSR count). The molecule has 0 unspecified atom stereocenters. The molecule has 24 heavy (non-hydrogen) atoms. The van der Waals surface area contributed by atoms with Crippen molar-refractivity contribution >= 4 is 39.0 Å². The van der Waals surface area contributed by atoms with Crippen molar-refractivity contribution in [2.45, 2.75) is 6.92 Å². The molecule has 122 valence electrons. The number of para-hydroxylation sites is 1. The van der Waals surface area contributed by atoms with Gasteiger partial charge in [0.1, 0.15) is 5.75 Å². The van der Waals surface area contributed by atoms with Crippen LogP contribution in [-0.2, 0) is 0 Å². The number of carbonyl (C=O) groups is 1. The number of benzene rings is 2. The number of nitrogens with one attached hydrogen (secondary N) is 2. The Morgan fingerprint density at radius 3 is 3.00 bits per heavy atom. The van der Waals surface area contributed by atoms with Gasteiger partial charge in [-0.15, -0.1) is 0 Å². The van der Waals surface area contributed by atoms with Gasteiger partial charge in [0.05, 0.1) is 18.4 Å². The van der Waals surface area contributed by atoms with Crippen LogP contribution in [0.25, 0.3) is 10.9 Å². The molecule has 0 aliphatic heterocycles. The molecule has 0 aliphatic carbocycles. The van der Waals surface area contributed by atoms with Gasteiger partial charge >= 0.3 is 0 Å². The molecule has 6 heteroatoms. The second kappa shape index (κ2) is 7.31. The standard InChI is InChI=1S/C18H16BrN3O2/c1-2-24-17-6-4-3-5-14(17)18(23)22-21-11-12-10-20-16-8-7-13(19)9-15(12)16/h3-11,20H,2H2,1H3,(H,22,23)/b21-11-. The molecule has 0 fully saturated rings. The maximum absolute atomic E-state index is 12.3. The molecule has 0 atom stereocenters. The molecule has 5 nitrogen and oxygen atoms in total. The Labute approximate surface area is 147 Å². The van der Waals surface area contributed by atoms with Crippen LogP contribution in [0.4, 0.5) is 0 Å². The second-order valence-electron chi connectivity index (χ2n) is 5.06. The fourth-order valence-corrected chi connectivity index (χ4v) is 2.74. The summed E-state index contributed by atoms with van der Waals surface area (Å²) in [5.41, 5.74) is 4.90. The molecule has 2 aromatic carbocycles. The van der Waals surface area contributed by atoms with Gasteiger partial charge in [0.2, 0.25) is 0 Å². The maximum Gasteiger partial charge on any atom is 0.275 e. The van der Waals surface area contributed by atoms with E-state index in [4.69, 9.17) is 4.74 Å². The number of carbonyl (C=O) groups excluding carboxylic acids is 1. The predicted molar refractivity (Wildman–Crippen MR) is 98.7 cm³/mol. The normalized spacial score (nSPS) is 11.1. The van der Waals surface area contributed by atoms with Crippen LogP contribution in [0.15, 0.2) is 58.2 Å². The van der Waals surface area contributed by atoms with Crippen LogP contribution >= 0.6 is 15.9 Å². The minimum atomic E-state index is -0.309. The second-order valence-corrected chi connectivity index (χ2v) is 5.98. The molecule has 1 heterocycles. The first-order valence-corrected chi connectivity index (χ1v) is 8.30. The van der Waals surface area contributed by atoms with E-state index >= 15 is 0 Å². The van der Waals surface area contributed by atoms with Crippen LogP contribution in [0.2, 0.25) is 0 Å². The molecule has 0 saturated carbocycles. The van der Waals surface area contributed by atoms with Crippen molar-refractivity contribution in [1.29, 1.82) is 0 Å². The monoisotopic (exact) mass is 385 g/mol. The number of ether oxygens (including phenoxy) is 1. The first-order chi connectivity index (χ1) is 11.7. The van der Waals surface area contributed by atoms with E-state index in [9.17, 15) is 4.79 Å². The molecule has 0 bridgehead atoms. The number of amides is 1. The van der Waals surface area contributed by atoms with Crippen LogP contribution in [0.5, 0.6) is 5.75 Å². The Morgan fingerprint density at radius 2 is 2.17 bits per heavy atom. The molecule has 0 radical (unpaired) electrons. The smallest absolute Gasteiger partial charge is 0.275 e. The van der Waals surface area contributed by atoms with Crippen LogP contribution in [-0.4, -0.2) is 23.7 Å². The van der Waals surface area contributed by atoms with Gasteiger partial charge in [-0.1, -0.05) is 28.1 Å². The van der Waals surface area contributed by atoms with E-state index in [0.717, 1.165) is 20.9 Å². The Morgan fingerprint density at radius 1 is 1.33 bits per heavy atom. The van der Waals surface area contributed by atoms with Crippen molar-refractivity contribution in [2.24, 2.45) is 5.10 Å². The molecular formula is C18H16BrN3O2. The summed E-state index contributed by atoms with van der Waals surface area (Å²) in [4.78, 5) is 15.4. The van der Waals surface area contributed by atoms with E-state index in [1.807, 2.05) is 37.4 Å². The number of hydrogen-bond acceptors (Lipinski definition) is 3. The number of halogens is 1. The molecular weight excluding hydrogens is 370 g/mol. The summed E-state index contributed by atoms with van der Waals surface area (Å²) in [6.07, 6.45) is 3.47. The van der Waals surface area contributed by atoms with Crippen molar-refractivity contribution in [3.05, 3.63) is 64.3 Å². The third-order valence-electron chi connectivity index (χ3n) is 3.48. The highest BCUT2D eigenvalue weighted by atomic mass is 79.9. The zero-order valence-corrected chi connectivity index (χ0v) is 14.6. The average Bonchev–Trinajstić information content (AvgIpc) is 2.98. The van der Waals surface area contributed by atoms with E-state index in [1.54, 1.807) is 24.4 Å². The Bertz CT molecular complexity index is 902. The Balaban J connectivity index is 1.76. The van der Waals surface area contributed by atoms with Gasteiger partial charge in [-0.25, -0.2) is 5.43 Å². The zero-order valence-electron chi connectivity index (χ0n) is 13.0. The molecule has 0 aliphatic rings. The summed E-state index contributed by atoms with van der Waals surface area (Å²) < 4.78 is 6.44. The molecule has 0 saturated heterocycles. The first kappa shape index (κ1) is 16.3. The Kier molecular flexibility index (Phi) is 4.96. The number of nitrogens with zero attached hydrogens (tertiary/aromatic N) is 1. The molecule has 3 aromatic rings. The summed E-state index contributed by atoms with van der Waals surface area (Å²) in [6, 6.07) is 13.0. The summed E-state index contributed by atoms with van der Waals surface area (Å²) >= 11 is 3.45. The predicted octanol–water partition coefficient (Wildman–Crippen LogP) is 4.09. The van der Waals surface area contributed by atoms with Crippen molar-refractivity contribution < 1.29 is 9.53 Å². The Hall–Kier alpha value is -2.60. The van der Waals surface area contributed by atoms with Crippen molar-refractivity contribution in [3.8, 4) is 5.75 Å². The minimum absolute atomic E-state index is 0.309.